The monoisotopic (exact) mass is 658 g/mol. The molecular formula is C39H62O8. The molecule has 0 radical (unpaired) electrons. The molecule has 266 valence electrons. The van der Waals surface area contributed by atoms with Gasteiger partial charge in [0.15, 0.2) is 6.61 Å². The molecule has 0 aliphatic heterocycles. The lowest BCUT2D eigenvalue weighted by molar-refractivity contribution is -0.207. The topological polar surface area (TPSA) is 105 Å². The first kappa shape index (κ1) is 40.3. The highest BCUT2D eigenvalue weighted by Crippen LogP contribution is 2.60. The van der Waals surface area contributed by atoms with E-state index in [0.717, 1.165) is 43.9 Å². The summed E-state index contributed by atoms with van der Waals surface area (Å²) in [7, 11) is 0. The van der Waals surface area contributed by atoms with Gasteiger partial charge in [0, 0.05) is 22.1 Å². The third kappa shape index (κ3) is 10.8. The molecule has 0 unspecified atom stereocenters. The predicted molar refractivity (Wildman–Crippen MR) is 184 cm³/mol. The number of rotatable bonds is 8. The molecule has 8 heteroatoms. The zero-order chi connectivity index (χ0) is 36.0. The van der Waals surface area contributed by atoms with Gasteiger partial charge in [0.1, 0.15) is 16.8 Å². The minimum absolute atomic E-state index is 0.00854. The quantitative estimate of drug-likeness (QED) is 0.145. The number of esters is 4. The van der Waals surface area contributed by atoms with E-state index in [4.69, 9.17) is 14.2 Å². The Balaban J connectivity index is 0.000000248. The van der Waals surface area contributed by atoms with Crippen molar-refractivity contribution in [1.82, 2.24) is 0 Å². The molecule has 0 heterocycles. The number of ether oxygens (including phenoxy) is 4. The number of hydrogen-bond acceptors (Lipinski definition) is 8. The van der Waals surface area contributed by atoms with Gasteiger partial charge in [0.25, 0.3) is 0 Å². The van der Waals surface area contributed by atoms with E-state index in [-0.39, 0.29) is 40.7 Å². The molecule has 0 atom stereocenters. The summed E-state index contributed by atoms with van der Waals surface area (Å²) >= 11 is 0. The van der Waals surface area contributed by atoms with Crippen LogP contribution in [0.25, 0.3) is 0 Å². The highest BCUT2D eigenvalue weighted by atomic mass is 16.6. The largest absolute Gasteiger partial charge is 0.457 e. The van der Waals surface area contributed by atoms with Crippen LogP contribution in [-0.2, 0) is 38.1 Å². The predicted octanol–water partition coefficient (Wildman–Crippen LogP) is 8.62. The molecule has 0 aromatic heterocycles. The van der Waals surface area contributed by atoms with E-state index in [2.05, 4.69) is 52.2 Å². The SMILES string of the molecule is C=C(C)C(=O)OC1(C(C)(C)C)CCCC1.C=C(C)C(=O)OC1(CC)C2CC3CC(C2)CC1C3.C=C(C)C(=O)OCC(=O)OC(C)(C)C. The van der Waals surface area contributed by atoms with E-state index in [1.54, 1.807) is 34.6 Å². The zero-order valence-electron chi connectivity index (χ0n) is 31.0. The minimum atomic E-state index is -0.587. The van der Waals surface area contributed by atoms with Crippen LogP contribution < -0.4 is 0 Å². The smallest absolute Gasteiger partial charge is 0.344 e. The van der Waals surface area contributed by atoms with Crippen molar-refractivity contribution >= 4 is 23.9 Å². The summed E-state index contributed by atoms with van der Waals surface area (Å²) in [6, 6.07) is 0. The van der Waals surface area contributed by atoms with Gasteiger partial charge in [-0.25, -0.2) is 19.2 Å². The third-order valence-electron chi connectivity index (χ3n) is 10.2. The van der Waals surface area contributed by atoms with Crippen molar-refractivity contribution in [2.45, 2.75) is 150 Å². The van der Waals surface area contributed by atoms with Crippen molar-refractivity contribution in [3.05, 3.63) is 36.5 Å². The standard InChI is InChI=1S/C16H24O2.C13H22O2.C10H16O4/c1-4-16(18-15(17)10(2)3)13-6-11-5-12(8-13)9-14(16)7-11;1-10(2)11(14)15-13(12(3,4)5)8-6-7-9-13;1-7(2)9(12)13-6-8(11)14-10(3,4)5/h11-14H,2,4-9H2,1,3H3;1,6-9H2,2-5H3;1,6H2,2-5H3. The average molecular weight is 659 g/mol. The lowest BCUT2D eigenvalue weighted by Gasteiger charge is -2.60. The Hall–Kier alpha value is -2.90. The summed E-state index contributed by atoms with van der Waals surface area (Å²) < 4.78 is 21.2. The average Bonchev–Trinajstić information content (AvgIpc) is 3.43. The maximum atomic E-state index is 12.0. The lowest BCUT2D eigenvalue weighted by Crippen LogP contribution is -2.59. The Kier molecular flexibility index (Phi) is 13.7. The highest BCUT2D eigenvalue weighted by Gasteiger charge is 2.58. The van der Waals surface area contributed by atoms with Crippen molar-refractivity contribution < 1.29 is 38.1 Å². The van der Waals surface area contributed by atoms with Crippen LogP contribution >= 0.6 is 0 Å². The molecule has 5 rings (SSSR count). The summed E-state index contributed by atoms with van der Waals surface area (Å²) in [5.41, 5.74) is 0.295. The summed E-state index contributed by atoms with van der Waals surface area (Å²) in [5, 5.41) is 0. The first-order valence-electron chi connectivity index (χ1n) is 17.4. The summed E-state index contributed by atoms with van der Waals surface area (Å²) in [6.07, 6.45) is 11.8. The molecule has 0 saturated heterocycles. The fraction of sp³-hybridized carbons (Fsp3) is 0.744. The molecule has 5 aliphatic carbocycles. The van der Waals surface area contributed by atoms with Crippen molar-refractivity contribution in [3.63, 3.8) is 0 Å². The van der Waals surface area contributed by atoms with Crippen molar-refractivity contribution in [1.29, 1.82) is 0 Å². The van der Waals surface area contributed by atoms with Gasteiger partial charge >= 0.3 is 23.9 Å². The van der Waals surface area contributed by atoms with Crippen LogP contribution in [0, 0.1) is 29.1 Å². The molecule has 5 fully saturated rings. The fourth-order valence-electron chi connectivity index (χ4n) is 7.89. The molecule has 5 aliphatic rings. The Morgan fingerprint density at radius 2 is 1.11 bits per heavy atom. The zero-order valence-corrected chi connectivity index (χ0v) is 31.0. The van der Waals surface area contributed by atoms with Gasteiger partial charge in [0.2, 0.25) is 0 Å². The van der Waals surface area contributed by atoms with Gasteiger partial charge in [-0.3, -0.25) is 0 Å². The molecular weight excluding hydrogens is 596 g/mol. The molecule has 0 spiro atoms. The molecule has 0 N–H and O–H groups in total. The Morgan fingerprint density at radius 1 is 0.681 bits per heavy atom. The maximum Gasteiger partial charge on any atom is 0.344 e. The Bertz CT molecular complexity index is 1160. The molecule has 47 heavy (non-hydrogen) atoms. The van der Waals surface area contributed by atoms with E-state index in [1.807, 2.05) is 0 Å². The fourth-order valence-corrected chi connectivity index (χ4v) is 7.89. The Morgan fingerprint density at radius 3 is 1.47 bits per heavy atom. The second-order valence-corrected chi connectivity index (χ2v) is 16.3. The van der Waals surface area contributed by atoms with Crippen LogP contribution in [0.5, 0.6) is 0 Å². The van der Waals surface area contributed by atoms with E-state index < -0.39 is 17.5 Å². The van der Waals surface area contributed by atoms with E-state index in [1.165, 1.54) is 39.0 Å². The number of carbonyl (C=O) groups is 4. The van der Waals surface area contributed by atoms with Gasteiger partial charge in [0.05, 0.1) is 0 Å². The van der Waals surface area contributed by atoms with E-state index in [0.29, 0.717) is 23.0 Å². The van der Waals surface area contributed by atoms with Crippen LogP contribution in [-0.4, -0.2) is 47.3 Å². The van der Waals surface area contributed by atoms with Crippen LogP contribution in [0.4, 0.5) is 0 Å². The normalized spacial score (nSPS) is 26.8. The maximum absolute atomic E-state index is 12.0. The van der Waals surface area contributed by atoms with E-state index >= 15 is 0 Å². The molecule has 0 amide bonds. The molecule has 5 saturated carbocycles. The van der Waals surface area contributed by atoms with Crippen LogP contribution in [0.1, 0.15) is 133 Å². The van der Waals surface area contributed by atoms with Gasteiger partial charge < -0.3 is 18.9 Å². The first-order valence-corrected chi connectivity index (χ1v) is 17.4. The van der Waals surface area contributed by atoms with Gasteiger partial charge in [-0.2, -0.15) is 0 Å². The molecule has 0 aromatic rings. The van der Waals surface area contributed by atoms with Gasteiger partial charge in [-0.15, -0.1) is 0 Å². The minimum Gasteiger partial charge on any atom is -0.457 e. The third-order valence-corrected chi connectivity index (χ3v) is 10.2. The van der Waals surface area contributed by atoms with E-state index in [9.17, 15) is 19.2 Å². The van der Waals surface area contributed by atoms with Crippen LogP contribution in [0.2, 0.25) is 0 Å². The second-order valence-electron chi connectivity index (χ2n) is 16.3. The van der Waals surface area contributed by atoms with Crippen LogP contribution in [0.3, 0.4) is 0 Å². The molecule has 4 bridgehead atoms. The van der Waals surface area contributed by atoms with Crippen LogP contribution in [0.15, 0.2) is 36.5 Å². The first-order chi connectivity index (χ1) is 21.6. The molecule has 0 aromatic carbocycles. The second kappa shape index (κ2) is 16.0. The summed E-state index contributed by atoms with van der Waals surface area (Å²) in [6.45, 7) is 29.2. The molecule has 8 nitrogen and oxygen atoms in total. The van der Waals surface area contributed by atoms with Gasteiger partial charge in [-0.1, -0.05) is 47.4 Å². The summed E-state index contributed by atoms with van der Waals surface area (Å²) in [5.74, 6) is 1.48. The highest BCUT2D eigenvalue weighted by molar-refractivity contribution is 5.89. The number of hydrogen-bond donors (Lipinski definition) is 0. The Labute approximate surface area is 284 Å². The van der Waals surface area contributed by atoms with Crippen molar-refractivity contribution in [2.24, 2.45) is 29.1 Å². The van der Waals surface area contributed by atoms with Gasteiger partial charge in [-0.05, 0) is 129 Å². The van der Waals surface area contributed by atoms with Crippen molar-refractivity contribution in [2.75, 3.05) is 6.61 Å². The lowest BCUT2D eigenvalue weighted by atomic mass is 9.49. The number of carbonyl (C=O) groups excluding carboxylic acids is 4. The van der Waals surface area contributed by atoms with Crippen molar-refractivity contribution in [3.8, 4) is 0 Å². The summed E-state index contributed by atoms with van der Waals surface area (Å²) in [4.78, 5) is 45.5.